The number of ether oxygens (including phenoxy) is 2. The van der Waals surface area contributed by atoms with E-state index in [-0.39, 0.29) is 63.4 Å². The van der Waals surface area contributed by atoms with Crippen molar-refractivity contribution in [3.8, 4) is 11.5 Å². The summed E-state index contributed by atoms with van der Waals surface area (Å²) in [6.45, 7) is 5.22. The van der Waals surface area contributed by atoms with Gasteiger partial charge in [-0.15, -0.1) is 0 Å². The lowest BCUT2D eigenvalue weighted by atomic mass is 10.0. The van der Waals surface area contributed by atoms with Crippen molar-refractivity contribution in [3.05, 3.63) is 82.7 Å². The second-order valence-corrected chi connectivity index (χ2v) is 13.1. The first-order valence-electron chi connectivity index (χ1n) is 18.0. The largest absolute Gasteiger partial charge is 0.496 e. The number of nitrogens with one attached hydrogen (secondary N) is 3. The number of nitrogens with two attached hydrogens (primary N) is 2. The summed E-state index contributed by atoms with van der Waals surface area (Å²) in [7, 11) is 2.81. The third kappa shape index (κ3) is 10.4. The Morgan fingerprint density at radius 2 is 1.22 bits per heavy atom. The van der Waals surface area contributed by atoms with E-state index in [2.05, 4.69) is 35.9 Å². The summed E-state index contributed by atoms with van der Waals surface area (Å²) in [6, 6.07) is 7.80. The highest BCUT2D eigenvalue weighted by Gasteiger charge is 2.25. The van der Waals surface area contributed by atoms with E-state index in [9.17, 15) is 23.2 Å². The van der Waals surface area contributed by atoms with Gasteiger partial charge < -0.3 is 41.8 Å². The van der Waals surface area contributed by atoms with E-state index >= 15 is 0 Å². The number of aromatic nitrogens is 4. The van der Waals surface area contributed by atoms with Gasteiger partial charge in [-0.25, -0.2) is 18.7 Å². The summed E-state index contributed by atoms with van der Waals surface area (Å²) in [5.74, 6) is -0.654. The smallest absolute Gasteiger partial charge is 0.224 e. The quantitative estimate of drug-likeness (QED) is 0.128. The summed E-state index contributed by atoms with van der Waals surface area (Å²) in [6.07, 6.45) is 7.59. The Kier molecular flexibility index (Phi) is 13.8. The molecule has 2 saturated heterocycles. The van der Waals surface area contributed by atoms with Gasteiger partial charge in [-0.1, -0.05) is 6.92 Å². The van der Waals surface area contributed by atoms with E-state index in [1.807, 2.05) is 11.8 Å². The molecule has 2 aromatic heterocycles. The second-order valence-electron chi connectivity index (χ2n) is 13.1. The summed E-state index contributed by atoms with van der Waals surface area (Å²) in [4.78, 5) is 56.1. The number of ketones is 2. The topological polar surface area (TPSA) is 213 Å². The molecule has 292 valence electrons. The molecule has 0 radical (unpaired) electrons. The number of rotatable bonds is 12. The van der Waals surface area contributed by atoms with Crippen LogP contribution in [0.15, 0.2) is 48.8 Å². The van der Waals surface area contributed by atoms with Crippen LogP contribution in [0.3, 0.4) is 0 Å². The van der Waals surface area contributed by atoms with Crippen molar-refractivity contribution in [1.29, 1.82) is 0 Å². The molecule has 2 aromatic carbocycles. The molecule has 0 aliphatic carbocycles. The van der Waals surface area contributed by atoms with Crippen LogP contribution in [0.4, 0.5) is 32.3 Å². The van der Waals surface area contributed by atoms with Gasteiger partial charge in [-0.2, -0.15) is 9.97 Å². The number of benzene rings is 2. The molecule has 17 heteroatoms. The minimum atomic E-state index is -0.555. The minimum Gasteiger partial charge on any atom is -0.496 e. The molecule has 2 aliphatic rings. The van der Waals surface area contributed by atoms with Crippen LogP contribution in [-0.2, 0) is 4.79 Å². The third-order valence-corrected chi connectivity index (χ3v) is 9.26. The van der Waals surface area contributed by atoms with Gasteiger partial charge in [0.05, 0.1) is 36.5 Å². The van der Waals surface area contributed by atoms with Crippen LogP contribution in [0.2, 0.25) is 0 Å². The van der Waals surface area contributed by atoms with Crippen LogP contribution in [-0.4, -0.2) is 94.8 Å². The zero-order valence-electron chi connectivity index (χ0n) is 31.0. The summed E-state index contributed by atoms with van der Waals surface area (Å²) in [5.41, 5.74) is 12.2. The van der Waals surface area contributed by atoms with Crippen molar-refractivity contribution >= 4 is 41.0 Å². The molecule has 6 rings (SSSR count). The molecule has 0 bridgehead atoms. The maximum Gasteiger partial charge on any atom is 0.224 e. The Morgan fingerprint density at radius 3 is 1.64 bits per heavy atom. The number of hydrogen-bond acceptors (Lipinski definition) is 14. The fourth-order valence-corrected chi connectivity index (χ4v) is 6.26. The number of likely N-dealkylation sites (tertiary alicyclic amines) is 1. The molecule has 2 fully saturated rings. The Labute approximate surface area is 317 Å². The van der Waals surface area contributed by atoms with Crippen molar-refractivity contribution in [2.24, 2.45) is 0 Å². The first-order valence-corrected chi connectivity index (χ1v) is 18.0. The number of carbonyl (C=O) groups is 3. The number of nitrogen functional groups attached to an aromatic ring is 2. The van der Waals surface area contributed by atoms with Crippen molar-refractivity contribution in [2.75, 3.05) is 62.5 Å². The second kappa shape index (κ2) is 18.9. The van der Waals surface area contributed by atoms with Gasteiger partial charge >= 0.3 is 0 Å². The molecule has 0 saturated carbocycles. The number of nitrogens with zero attached hydrogens (tertiary/aromatic N) is 5. The number of halogens is 2. The molecule has 0 spiro atoms. The average molecular weight is 761 g/mol. The van der Waals surface area contributed by atoms with Crippen LogP contribution < -0.4 is 36.9 Å². The minimum absolute atomic E-state index is 0.000580. The maximum atomic E-state index is 13.6. The maximum absolute atomic E-state index is 13.6. The Hall–Kier alpha value is -5.97. The zero-order chi connectivity index (χ0) is 39.5. The summed E-state index contributed by atoms with van der Waals surface area (Å²) >= 11 is 0. The van der Waals surface area contributed by atoms with Crippen LogP contribution >= 0.6 is 0 Å². The third-order valence-electron chi connectivity index (χ3n) is 9.26. The standard InChI is InChI=1S/C21H26FN5O3.C17H20FN5O2/c1-3-4-18(28)27-9-7-14(8-10-27)25-21-24-12-16(20(23)26-21)19(29)15-11-13(22)5-6-17(15)30-2;1-25-14-3-2-10(18)8-12(14)15(24)13-9-21-17(23-16(13)19)22-11-4-6-20-7-5-11/h5-6,11-12,14H,3-4,7-10H2,1-2H3,(H3,23,24,25,26);2-3,8-9,11,20H,4-7H2,1H3,(H3,19,21,22,23). The van der Waals surface area contributed by atoms with E-state index in [4.69, 9.17) is 20.9 Å². The predicted molar refractivity (Wildman–Crippen MR) is 203 cm³/mol. The Balaban J connectivity index is 0.000000214. The Morgan fingerprint density at radius 1 is 0.764 bits per heavy atom. The molecule has 0 atom stereocenters. The van der Waals surface area contributed by atoms with Crippen LogP contribution in [0.5, 0.6) is 11.5 Å². The summed E-state index contributed by atoms with van der Waals surface area (Å²) < 4.78 is 37.4. The van der Waals surface area contributed by atoms with E-state index in [0.29, 0.717) is 31.4 Å². The first-order chi connectivity index (χ1) is 26.5. The van der Waals surface area contributed by atoms with Gasteiger partial charge in [-0.3, -0.25) is 14.4 Å². The van der Waals surface area contributed by atoms with Gasteiger partial charge in [0.15, 0.2) is 0 Å². The average Bonchev–Trinajstić information content (AvgIpc) is 3.18. The monoisotopic (exact) mass is 760 g/mol. The fourth-order valence-electron chi connectivity index (χ4n) is 6.26. The zero-order valence-corrected chi connectivity index (χ0v) is 31.0. The van der Waals surface area contributed by atoms with Gasteiger partial charge in [-0.05, 0) is 81.6 Å². The predicted octanol–water partition coefficient (Wildman–Crippen LogP) is 4.24. The molecule has 2 aliphatic heterocycles. The molecule has 15 nitrogen and oxygen atoms in total. The van der Waals surface area contributed by atoms with Crippen molar-refractivity contribution in [3.63, 3.8) is 0 Å². The number of anilines is 4. The number of amides is 1. The van der Waals surface area contributed by atoms with Crippen LogP contribution in [0.1, 0.15) is 77.3 Å². The number of hydrogen-bond donors (Lipinski definition) is 5. The Bertz CT molecular complexity index is 1990. The van der Waals surface area contributed by atoms with E-state index in [1.165, 1.54) is 50.9 Å². The van der Waals surface area contributed by atoms with Gasteiger partial charge in [0.25, 0.3) is 0 Å². The lowest BCUT2D eigenvalue weighted by molar-refractivity contribution is -0.132. The molecule has 7 N–H and O–H groups in total. The molecule has 55 heavy (non-hydrogen) atoms. The lowest BCUT2D eigenvalue weighted by Gasteiger charge is -2.32. The number of carbonyl (C=O) groups excluding carboxylic acids is 3. The molecular weight excluding hydrogens is 714 g/mol. The van der Waals surface area contributed by atoms with Crippen molar-refractivity contribution in [2.45, 2.75) is 57.5 Å². The molecule has 4 aromatic rings. The van der Waals surface area contributed by atoms with Crippen molar-refractivity contribution in [1.82, 2.24) is 30.2 Å². The number of piperidine rings is 2. The number of methoxy groups -OCH3 is 2. The molecule has 1 amide bonds. The van der Waals surface area contributed by atoms with E-state index < -0.39 is 23.2 Å². The SMILES string of the molecule is CCCC(=O)N1CCC(Nc2ncc(C(=O)c3cc(F)ccc3OC)c(N)n2)CC1.COc1ccc(F)cc1C(=O)c1cnc(NC2CCNCC2)nc1N. The lowest BCUT2D eigenvalue weighted by Crippen LogP contribution is -2.42. The highest BCUT2D eigenvalue weighted by molar-refractivity contribution is 6.13. The first kappa shape index (κ1) is 40.2. The molecule has 4 heterocycles. The highest BCUT2D eigenvalue weighted by Crippen LogP contribution is 2.27. The van der Waals surface area contributed by atoms with Crippen molar-refractivity contribution < 1.29 is 32.6 Å². The highest BCUT2D eigenvalue weighted by atomic mass is 19.1. The van der Waals surface area contributed by atoms with Gasteiger partial charge in [0, 0.05) is 44.0 Å². The molecule has 0 unspecified atom stereocenters. The van der Waals surface area contributed by atoms with E-state index in [0.717, 1.165) is 57.3 Å². The van der Waals surface area contributed by atoms with Gasteiger partial charge in [0.2, 0.25) is 29.4 Å². The molecular formula is C38H46F2N10O5. The van der Waals surface area contributed by atoms with E-state index in [1.54, 1.807) is 0 Å². The summed E-state index contributed by atoms with van der Waals surface area (Å²) in [5, 5.41) is 9.71. The fraction of sp³-hybridized carbons (Fsp3) is 0.395. The normalized spacial score (nSPS) is 14.7. The van der Waals surface area contributed by atoms with Gasteiger partial charge in [0.1, 0.15) is 34.8 Å². The van der Waals surface area contributed by atoms with Crippen LogP contribution in [0, 0.1) is 11.6 Å². The van der Waals surface area contributed by atoms with Crippen LogP contribution in [0.25, 0.3) is 0 Å².